The van der Waals surface area contributed by atoms with Crippen LogP contribution in [-0.2, 0) is 11.3 Å². The highest BCUT2D eigenvalue weighted by Gasteiger charge is 2.10. The van der Waals surface area contributed by atoms with Crippen molar-refractivity contribution in [1.82, 2.24) is 14.5 Å². The van der Waals surface area contributed by atoms with Gasteiger partial charge in [0.15, 0.2) is 0 Å². The fourth-order valence-corrected chi connectivity index (χ4v) is 2.19. The summed E-state index contributed by atoms with van der Waals surface area (Å²) >= 11 is 0. The summed E-state index contributed by atoms with van der Waals surface area (Å²) in [6.45, 7) is 5.81. The molecule has 1 aliphatic rings. The van der Waals surface area contributed by atoms with Gasteiger partial charge in [0, 0.05) is 50.0 Å². The van der Waals surface area contributed by atoms with E-state index in [1.54, 1.807) is 0 Å². The lowest BCUT2D eigenvalue weighted by Crippen LogP contribution is -2.38. The van der Waals surface area contributed by atoms with Gasteiger partial charge < -0.3 is 9.30 Å². The minimum Gasteiger partial charge on any atom is -0.379 e. The Morgan fingerprint density at radius 2 is 2.18 bits per heavy atom. The molecule has 0 unspecified atom stereocenters. The molecule has 1 fully saturated rings. The SMILES string of the molecule is [c]1cn(CCN2CCOCC2)c2ncccc12. The van der Waals surface area contributed by atoms with Crippen LogP contribution in [0.25, 0.3) is 11.0 Å². The second kappa shape index (κ2) is 4.85. The van der Waals surface area contributed by atoms with Crippen molar-refractivity contribution in [2.75, 3.05) is 32.8 Å². The molecule has 1 saturated heterocycles. The molecule has 89 valence electrons. The zero-order valence-corrected chi connectivity index (χ0v) is 9.80. The molecule has 0 aliphatic carbocycles. The largest absolute Gasteiger partial charge is 0.379 e. The van der Waals surface area contributed by atoms with Gasteiger partial charge in [-0.3, -0.25) is 4.90 Å². The van der Waals surface area contributed by atoms with Crippen molar-refractivity contribution in [2.45, 2.75) is 6.54 Å². The van der Waals surface area contributed by atoms with E-state index >= 15 is 0 Å². The van der Waals surface area contributed by atoms with E-state index in [-0.39, 0.29) is 0 Å². The van der Waals surface area contributed by atoms with Crippen molar-refractivity contribution in [3.8, 4) is 0 Å². The third-order valence-electron chi connectivity index (χ3n) is 3.20. The number of hydrogen-bond donors (Lipinski definition) is 0. The Hall–Kier alpha value is -1.39. The molecule has 0 saturated carbocycles. The van der Waals surface area contributed by atoms with Crippen molar-refractivity contribution >= 4 is 11.0 Å². The Labute approximate surface area is 101 Å². The van der Waals surface area contributed by atoms with Crippen LogP contribution in [0.5, 0.6) is 0 Å². The van der Waals surface area contributed by atoms with E-state index in [0.717, 1.165) is 50.4 Å². The van der Waals surface area contributed by atoms with Gasteiger partial charge in [0.1, 0.15) is 5.65 Å². The topological polar surface area (TPSA) is 30.3 Å². The molecular weight excluding hydrogens is 214 g/mol. The maximum atomic E-state index is 5.34. The normalized spacial score (nSPS) is 17.6. The monoisotopic (exact) mass is 230 g/mol. The highest BCUT2D eigenvalue weighted by Crippen LogP contribution is 2.11. The van der Waals surface area contributed by atoms with E-state index in [0.29, 0.717) is 0 Å². The summed E-state index contributed by atoms with van der Waals surface area (Å²) in [5.41, 5.74) is 1.03. The van der Waals surface area contributed by atoms with Gasteiger partial charge in [-0.15, -0.1) is 0 Å². The van der Waals surface area contributed by atoms with Crippen LogP contribution in [0.3, 0.4) is 0 Å². The smallest absolute Gasteiger partial charge is 0.140 e. The number of fused-ring (bicyclic) bond motifs is 1. The van der Waals surface area contributed by atoms with Crippen LogP contribution in [0.1, 0.15) is 0 Å². The molecule has 0 N–H and O–H groups in total. The lowest BCUT2D eigenvalue weighted by molar-refractivity contribution is 0.0365. The van der Waals surface area contributed by atoms with Gasteiger partial charge in [0.2, 0.25) is 0 Å². The first-order valence-electron chi connectivity index (χ1n) is 6.05. The van der Waals surface area contributed by atoms with Crippen LogP contribution in [-0.4, -0.2) is 47.3 Å². The molecule has 4 nitrogen and oxygen atoms in total. The first-order valence-corrected chi connectivity index (χ1v) is 6.05. The van der Waals surface area contributed by atoms with E-state index in [1.807, 2.05) is 24.5 Å². The molecule has 17 heavy (non-hydrogen) atoms. The Bertz CT molecular complexity index is 488. The van der Waals surface area contributed by atoms with Crippen LogP contribution < -0.4 is 0 Å². The van der Waals surface area contributed by atoms with Crippen LogP contribution in [0.2, 0.25) is 0 Å². The molecule has 3 heterocycles. The molecule has 2 aromatic heterocycles. The van der Waals surface area contributed by atoms with Crippen LogP contribution in [0.4, 0.5) is 0 Å². The molecule has 0 aromatic carbocycles. The molecule has 0 bridgehead atoms. The van der Waals surface area contributed by atoms with Gasteiger partial charge in [-0.2, -0.15) is 0 Å². The summed E-state index contributed by atoms with van der Waals surface area (Å²) in [6.07, 6.45) is 3.83. The van der Waals surface area contributed by atoms with Crippen molar-refractivity contribution in [1.29, 1.82) is 0 Å². The van der Waals surface area contributed by atoms with Crippen molar-refractivity contribution in [3.05, 3.63) is 30.6 Å². The number of morpholine rings is 1. The third kappa shape index (κ3) is 2.33. The zero-order valence-electron chi connectivity index (χ0n) is 9.80. The van der Waals surface area contributed by atoms with E-state index in [9.17, 15) is 0 Å². The van der Waals surface area contributed by atoms with Gasteiger partial charge in [-0.25, -0.2) is 4.98 Å². The lowest BCUT2D eigenvalue weighted by atomic mass is 10.3. The Balaban J connectivity index is 1.68. The van der Waals surface area contributed by atoms with Crippen molar-refractivity contribution < 1.29 is 4.74 Å². The predicted molar refractivity (Wildman–Crippen MR) is 65.8 cm³/mol. The fourth-order valence-electron chi connectivity index (χ4n) is 2.19. The van der Waals surface area contributed by atoms with Gasteiger partial charge in [-0.1, -0.05) is 0 Å². The number of aromatic nitrogens is 2. The van der Waals surface area contributed by atoms with E-state index in [1.165, 1.54) is 0 Å². The van der Waals surface area contributed by atoms with Crippen LogP contribution in [0, 0.1) is 6.07 Å². The van der Waals surface area contributed by atoms with Gasteiger partial charge in [-0.05, 0) is 12.1 Å². The molecule has 4 heteroatoms. The van der Waals surface area contributed by atoms with Crippen molar-refractivity contribution in [3.63, 3.8) is 0 Å². The summed E-state index contributed by atoms with van der Waals surface area (Å²) in [4.78, 5) is 6.82. The van der Waals surface area contributed by atoms with Gasteiger partial charge in [0.05, 0.1) is 13.2 Å². The zero-order chi connectivity index (χ0) is 11.5. The number of ether oxygens (including phenoxy) is 1. The van der Waals surface area contributed by atoms with Crippen LogP contribution in [0.15, 0.2) is 24.5 Å². The molecule has 0 spiro atoms. The first kappa shape index (κ1) is 10.7. The summed E-state index contributed by atoms with van der Waals surface area (Å²) in [5.74, 6) is 0. The summed E-state index contributed by atoms with van der Waals surface area (Å²) in [5, 5.41) is 1.09. The maximum Gasteiger partial charge on any atom is 0.140 e. The van der Waals surface area contributed by atoms with E-state index < -0.39 is 0 Å². The highest BCUT2D eigenvalue weighted by atomic mass is 16.5. The molecule has 0 atom stereocenters. The van der Waals surface area contributed by atoms with E-state index in [4.69, 9.17) is 4.74 Å². The maximum absolute atomic E-state index is 5.34. The Kier molecular flexibility index (Phi) is 3.07. The van der Waals surface area contributed by atoms with E-state index in [2.05, 4.69) is 20.5 Å². The Morgan fingerprint density at radius 3 is 3.06 bits per heavy atom. The number of nitrogens with zero attached hydrogens (tertiary/aromatic N) is 3. The summed E-state index contributed by atoms with van der Waals surface area (Å²) in [7, 11) is 0. The second-order valence-electron chi connectivity index (χ2n) is 4.30. The van der Waals surface area contributed by atoms with Gasteiger partial charge >= 0.3 is 0 Å². The fraction of sp³-hybridized carbons (Fsp3) is 0.462. The summed E-state index contributed by atoms with van der Waals surface area (Å²) in [6, 6.07) is 7.23. The quantitative estimate of drug-likeness (QED) is 0.793. The standard InChI is InChI=1S/C13H16N3O/c1-2-12-3-5-16(13(12)14-4-1)7-6-15-8-10-17-11-9-15/h1-2,4-5H,6-11H2. The van der Waals surface area contributed by atoms with Crippen molar-refractivity contribution in [2.24, 2.45) is 0 Å². The number of pyridine rings is 1. The first-order chi connectivity index (χ1) is 8.43. The minimum absolute atomic E-state index is 0.858. The molecule has 0 amide bonds. The average molecular weight is 230 g/mol. The van der Waals surface area contributed by atoms with Crippen LogP contribution >= 0.6 is 0 Å². The van der Waals surface area contributed by atoms with Gasteiger partial charge in [0.25, 0.3) is 0 Å². The Morgan fingerprint density at radius 1 is 1.29 bits per heavy atom. The second-order valence-corrected chi connectivity index (χ2v) is 4.30. The highest BCUT2D eigenvalue weighted by molar-refractivity contribution is 5.74. The molecule has 1 radical (unpaired) electrons. The molecule has 1 aliphatic heterocycles. The third-order valence-corrected chi connectivity index (χ3v) is 3.20. The molecule has 2 aromatic rings. The average Bonchev–Trinajstić information content (AvgIpc) is 2.81. The number of rotatable bonds is 3. The predicted octanol–water partition coefficient (Wildman–Crippen LogP) is 1.17. The molecule has 3 rings (SSSR count). The molecular formula is C13H16N3O. The number of hydrogen-bond acceptors (Lipinski definition) is 3. The lowest BCUT2D eigenvalue weighted by Gasteiger charge is -2.26. The minimum atomic E-state index is 0.858. The summed E-state index contributed by atoms with van der Waals surface area (Å²) < 4.78 is 7.51.